The molecule has 0 aromatic heterocycles. The first-order chi connectivity index (χ1) is 15.1. The molecule has 1 fully saturated rings. The number of hydrogen-bond acceptors (Lipinski definition) is 7. The van der Waals surface area contributed by atoms with E-state index in [0.717, 1.165) is 0 Å². The van der Waals surface area contributed by atoms with Crippen molar-refractivity contribution in [1.29, 1.82) is 0 Å². The van der Waals surface area contributed by atoms with Crippen molar-refractivity contribution >= 4 is 34.7 Å². The Balaban J connectivity index is 2.19. The van der Waals surface area contributed by atoms with E-state index in [-0.39, 0.29) is 28.4 Å². The number of nitro groups is 1. The Bertz CT molecular complexity index is 1110. The second-order valence-electron chi connectivity index (χ2n) is 7.50. The minimum absolute atomic E-state index is 0.157. The molecule has 3 rings (SSSR count). The van der Waals surface area contributed by atoms with Crippen LogP contribution in [0.5, 0.6) is 5.75 Å². The molecule has 0 bridgehead atoms. The van der Waals surface area contributed by atoms with Gasteiger partial charge >= 0.3 is 0 Å². The lowest BCUT2D eigenvalue weighted by molar-refractivity contribution is -0.384. The summed E-state index contributed by atoms with van der Waals surface area (Å²) in [5.41, 5.74) is 0.221. The number of nitrogens with zero attached hydrogens (tertiary/aromatic N) is 3. The Morgan fingerprint density at radius 2 is 1.97 bits per heavy atom. The summed E-state index contributed by atoms with van der Waals surface area (Å²) in [6.45, 7) is 0.637. The van der Waals surface area contributed by atoms with Gasteiger partial charge in [0.1, 0.15) is 11.5 Å². The highest BCUT2D eigenvalue weighted by Crippen LogP contribution is 2.40. The van der Waals surface area contributed by atoms with Crippen molar-refractivity contribution in [2.75, 3.05) is 34.3 Å². The van der Waals surface area contributed by atoms with Crippen LogP contribution >= 0.6 is 11.6 Å². The van der Waals surface area contributed by atoms with Gasteiger partial charge in [-0.2, -0.15) is 0 Å². The van der Waals surface area contributed by atoms with Gasteiger partial charge in [-0.25, -0.2) is 0 Å². The Kier molecular flexibility index (Phi) is 6.81. The number of likely N-dealkylation sites (tertiary alicyclic amines) is 1. The van der Waals surface area contributed by atoms with E-state index in [1.54, 1.807) is 6.07 Å². The van der Waals surface area contributed by atoms with Gasteiger partial charge in [-0.1, -0.05) is 23.7 Å². The number of non-ortho nitro benzene ring substituents is 1. The normalized spacial score (nSPS) is 17.8. The molecule has 32 heavy (non-hydrogen) atoms. The topological polar surface area (TPSA) is 113 Å². The number of carbonyl (C=O) groups excluding carboxylic acids is 2. The number of likely N-dealkylation sites (N-methyl/N-ethyl adjacent to an activating group) is 1. The molecular formula is C22H22ClN3O6. The van der Waals surface area contributed by atoms with E-state index in [1.807, 2.05) is 19.0 Å². The highest BCUT2D eigenvalue weighted by Gasteiger charge is 2.46. The number of nitro benzene ring substituents is 1. The van der Waals surface area contributed by atoms with Crippen molar-refractivity contribution in [3.8, 4) is 5.75 Å². The Morgan fingerprint density at radius 3 is 2.56 bits per heavy atom. The molecule has 2 aromatic rings. The van der Waals surface area contributed by atoms with Crippen LogP contribution in [-0.2, 0) is 9.59 Å². The fourth-order valence-corrected chi connectivity index (χ4v) is 3.80. The highest BCUT2D eigenvalue weighted by atomic mass is 35.5. The second kappa shape index (κ2) is 9.37. The molecule has 0 spiro atoms. The first-order valence-electron chi connectivity index (χ1n) is 9.67. The van der Waals surface area contributed by atoms with Crippen LogP contribution in [0.4, 0.5) is 5.69 Å². The maximum atomic E-state index is 13.0. The molecule has 0 saturated carbocycles. The summed E-state index contributed by atoms with van der Waals surface area (Å²) in [6, 6.07) is 9.15. The number of aliphatic hydroxyl groups is 1. The zero-order valence-electron chi connectivity index (χ0n) is 17.7. The molecule has 1 N–H and O–H groups in total. The summed E-state index contributed by atoms with van der Waals surface area (Å²) in [7, 11) is 5.08. The molecule has 1 aliphatic heterocycles. The lowest BCUT2D eigenvalue weighted by Crippen LogP contribution is -2.35. The number of rotatable bonds is 7. The maximum absolute atomic E-state index is 13.0. The van der Waals surface area contributed by atoms with Gasteiger partial charge in [0.05, 0.1) is 28.7 Å². The Hall–Kier alpha value is -3.43. The van der Waals surface area contributed by atoms with Crippen LogP contribution in [0.25, 0.3) is 5.76 Å². The van der Waals surface area contributed by atoms with E-state index in [4.69, 9.17) is 16.3 Å². The van der Waals surface area contributed by atoms with Gasteiger partial charge in [0, 0.05) is 30.8 Å². The molecule has 1 heterocycles. The number of hydrogen-bond donors (Lipinski definition) is 1. The molecule has 0 aliphatic carbocycles. The summed E-state index contributed by atoms with van der Waals surface area (Å²) in [6.07, 6.45) is 0. The number of benzene rings is 2. The number of halogens is 1. The Labute approximate surface area is 189 Å². The minimum atomic E-state index is -0.990. The van der Waals surface area contributed by atoms with E-state index >= 15 is 0 Å². The third-order valence-electron chi connectivity index (χ3n) is 5.15. The van der Waals surface area contributed by atoms with Crippen LogP contribution in [0.3, 0.4) is 0 Å². The fraction of sp³-hybridized carbons (Fsp3) is 0.273. The molecule has 1 amide bonds. The van der Waals surface area contributed by atoms with Crippen molar-refractivity contribution in [1.82, 2.24) is 9.80 Å². The molecule has 10 heteroatoms. The highest BCUT2D eigenvalue weighted by molar-refractivity contribution is 6.46. The van der Waals surface area contributed by atoms with E-state index < -0.39 is 28.4 Å². The predicted molar refractivity (Wildman–Crippen MR) is 119 cm³/mol. The van der Waals surface area contributed by atoms with Gasteiger partial charge in [0.15, 0.2) is 0 Å². The van der Waals surface area contributed by atoms with Crippen LogP contribution < -0.4 is 4.74 Å². The third kappa shape index (κ3) is 4.44. The van der Waals surface area contributed by atoms with Crippen LogP contribution in [0, 0.1) is 10.1 Å². The zero-order valence-corrected chi connectivity index (χ0v) is 18.5. The number of carbonyl (C=O) groups is 2. The van der Waals surface area contributed by atoms with Crippen LogP contribution in [0.1, 0.15) is 17.2 Å². The van der Waals surface area contributed by atoms with E-state index in [2.05, 4.69) is 0 Å². The summed E-state index contributed by atoms with van der Waals surface area (Å²) < 4.78 is 5.11. The largest absolute Gasteiger partial charge is 0.507 e. The number of aliphatic hydroxyl groups excluding tert-OH is 1. The van der Waals surface area contributed by atoms with Gasteiger partial charge in [-0.15, -0.1) is 0 Å². The average Bonchev–Trinajstić information content (AvgIpc) is 3.01. The summed E-state index contributed by atoms with van der Waals surface area (Å²) in [5.74, 6) is -1.70. The lowest BCUT2D eigenvalue weighted by Gasteiger charge is -2.26. The van der Waals surface area contributed by atoms with Crippen molar-refractivity contribution in [3.63, 3.8) is 0 Å². The van der Waals surface area contributed by atoms with E-state index in [0.29, 0.717) is 17.9 Å². The van der Waals surface area contributed by atoms with Gasteiger partial charge in [-0.05, 0) is 37.9 Å². The standard InChI is InChI=1S/C22H22ClN3O6/c1-24(2)9-10-25-19(13-5-4-6-15(11-13)26(30)31)18(21(28)22(25)29)20(27)14-7-8-17(32-3)16(23)12-14/h4-8,11-12,19,27H,9-10H2,1-3H3/b20-18-. The van der Waals surface area contributed by atoms with Crippen molar-refractivity contribution in [2.24, 2.45) is 0 Å². The molecule has 168 valence electrons. The molecule has 1 saturated heterocycles. The first-order valence-corrected chi connectivity index (χ1v) is 10.0. The molecule has 2 aromatic carbocycles. The second-order valence-corrected chi connectivity index (χ2v) is 7.90. The number of ether oxygens (including phenoxy) is 1. The molecule has 9 nitrogen and oxygen atoms in total. The maximum Gasteiger partial charge on any atom is 0.295 e. The smallest absolute Gasteiger partial charge is 0.295 e. The molecule has 1 atom stereocenters. The van der Waals surface area contributed by atoms with Crippen LogP contribution in [0.15, 0.2) is 48.0 Å². The zero-order chi connectivity index (χ0) is 23.6. The number of ketones is 1. The van der Waals surface area contributed by atoms with Gasteiger partial charge in [0.25, 0.3) is 17.4 Å². The summed E-state index contributed by atoms with van der Waals surface area (Å²) in [4.78, 5) is 39.7. The van der Waals surface area contributed by atoms with Gasteiger partial charge in [0.2, 0.25) is 0 Å². The minimum Gasteiger partial charge on any atom is -0.507 e. The van der Waals surface area contributed by atoms with Crippen LogP contribution in [0.2, 0.25) is 5.02 Å². The lowest BCUT2D eigenvalue weighted by atomic mass is 9.95. The monoisotopic (exact) mass is 459 g/mol. The molecule has 0 radical (unpaired) electrons. The molecule has 1 unspecified atom stereocenters. The average molecular weight is 460 g/mol. The van der Waals surface area contributed by atoms with Crippen molar-refractivity contribution in [3.05, 3.63) is 74.3 Å². The SMILES string of the molecule is COc1ccc(/C(O)=C2/C(=O)C(=O)N(CCN(C)C)C2c2cccc([N+](=O)[O-])c2)cc1Cl. The van der Waals surface area contributed by atoms with Gasteiger partial charge in [-0.3, -0.25) is 19.7 Å². The quantitative estimate of drug-likeness (QED) is 0.222. The van der Waals surface area contributed by atoms with Crippen molar-refractivity contribution in [2.45, 2.75) is 6.04 Å². The van der Waals surface area contributed by atoms with E-state index in [9.17, 15) is 24.8 Å². The molecular weight excluding hydrogens is 438 g/mol. The van der Waals surface area contributed by atoms with E-state index in [1.165, 1.54) is 48.4 Å². The van der Waals surface area contributed by atoms with Gasteiger partial charge < -0.3 is 19.6 Å². The first kappa shape index (κ1) is 23.2. The predicted octanol–water partition coefficient (Wildman–Crippen LogP) is 3.24. The number of Topliss-reactive ketones (excluding diaryl/α,β-unsaturated/α-hetero) is 1. The number of methoxy groups -OCH3 is 1. The Morgan fingerprint density at radius 1 is 1.25 bits per heavy atom. The summed E-state index contributed by atoms with van der Waals surface area (Å²) in [5, 5.41) is 22.5. The van der Waals surface area contributed by atoms with Crippen molar-refractivity contribution < 1.29 is 24.4 Å². The summed E-state index contributed by atoms with van der Waals surface area (Å²) >= 11 is 6.17. The fourth-order valence-electron chi connectivity index (χ4n) is 3.54. The number of amides is 1. The van der Waals surface area contributed by atoms with Crippen LogP contribution in [-0.4, -0.2) is 65.8 Å². The molecule has 1 aliphatic rings. The third-order valence-corrected chi connectivity index (χ3v) is 5.45.